The van der Waals surface area contributed by atoms with Crippen LogP contribution in [0.2, 0.25) is 0 Å². The van der Waals surface area contributed by atoms with Crippen LogP contribution in [0.3, 0.4) is 0 Å². The first-order valence-corrected chi connectivity index (χ1v) is 9.20. The van der Waals surface area contributed by atoms with Crippen LogP contribution in [0.15, 0.2) is 0 Å². The minimum Gasteiger partial charge on any atom is -0.374 e. The van der Waals surface area contributed by atoms with Gasteiger partial charge in [-0.05, 0) is 55.4 Å². The molecule has 1 spiro atoms. The van der Waals surface area contributed by atoms with Crippen LogP contribution in [0, 0.1) is 5.92 Å². The largest absolute Gasteiger partial charge is 0.374 e. The van der Waals surface area contributed by atoms with Crippen molar-refractivity contribution in [2.45, 2.75) is 37.3 Å². The maximum Gasteiger partial charge on any atom is 0.0795 e. The van der Waals surface area contributed by atoms with Gasteiger partial charge in [-0.1, -0.05) is 0 Å². The van der Waals surface area contributed by atoms with E-state index in [0.29, 0.717) is 6.04 Å². The van der Waals surface area contributed by atoms with E-state index < -0.39 is 0 Å². The number of nitrogens with one attached hydrogen (secondary N) is 1. The third kappa shape index (κ3) is 3.14. The van der Waals surface area contributed by atoms with E-state index in [0.717, 1.165) is 12.5 Å². The maximum atomic E-state index is 6.06. The molecule has 17 heavy (non-hydrogen) atoms. The summed E-state index contributed by atoms with van der Waals surface area (Å²) in [7, 11) is 0. The third-order valence-electron chi connectivity index (χ3n) is 4.28. The second-order valence-corrected chi connectivity index (χ2v) is 7.92. The number of rotatable bonds is 3. The molecule has 4 heteroatoms. The molecule has 0 aromatic rings. The fourth-order valence-electron chi connectivity index (χ4n) is 3.14. The molecule has 0 aromatic heterocycles. The van der Waals surface area contributed by atoms with Gasteiger partial charge in [0.15, 0.2) is 0 Å². The summed E-state index contributed by atoms with van der Waals surface area (Å²) >= 11 is 4.19. The van der Waals surface area contributed by atoms with Crippen LogP contribution in [0.25, 0.3) is 0 Å². The summed E-state index contributed by atoms with van der Waals surface area (Å²) in [6.07, 6.45) is 5.16. The Kier molecular flexibility index (Phi) is 4.26. The van der Waals surface area contributed by atoms with E-state index in [9.17, 15) is 0 Å². The molecule has 3 aliphatic heterocycles. The molecule has 1 N–H and O–H groups in total. The van der Waals surface area contributed by atoms with Gasteiger partial charge in [0.2, 0.25) is 0 Å². The Bertz CT molecular complexity index is 250. The highest BCUT2D eigenvalue weighted by Gasteiger charge is 2.40. The van der Waals surface area contributed by atoms with E-state index in [1.54, 1.807) is 0 Å². The van der Waals surface area contributed by atoms with Crippen molar-refractivity contribution in [2.24, 2.45) is 5.92 Å². The van der Waals surface area contributed by atoms with E-state index in [4.69, 9.17) is 4.74 Å². The summed E-state index contributed by atoms with van der Waals surface area (Å²) in [5, 5.41) is 3.81. The lowest BCUT2D eigenvalue weighted by Gasteiger charge is -2.38. The predicted molar refractivity (Wildman–Crippen MR) is 77.1 cm³/mol. The zero-order chi connectivity index (χ0) is 11.6. The Morgan fingerprint density at radius 1 is 1.24 bits per heavy atom. The second-order valence-electron chi connectivity index (χ2n) is 5.66. The van der Waals surface area contributed by atoms with Crippen molar-refractivity contribution in [2.75, 3.05) is 36.2 Å². The Balaban J connectivity index is 1.46. The summed E-state index contributed by atoms with van der Waals surface area (Å²) in [6, 6.07) is 0.716. The predicted octanol–water partition coefficient (Wildman–Crippen LogP) is 2.38. The average Bonchev–Trinajstić information content (AvgIpc) is 2.99. The first kappa shape index (κ1) is 12.6. The Labute approximate surface area is 113 Å². The van der Waals surface area contributed by atoms with E-state index in [2.05, 4.69) is 28.8 Å². The number of hydrogen-bond donors (Lipinski definition) is 1. The van der Waals surface area contributed by atoms with Gasteiger partial charge in [-0.3, -0.25) is 0 Å². The van der Waals surface area contributed by atoms with Crippen molar-refractivity contribution in [3.05, 3.63) is 0 Å². The smallest absolute Gasteiger partial charge is 0.0795 e. The Hall–Kier alpha value is 0.620. The molecule has 3 heterocycles. The topological polar surface area (TPSA) is 21.3 Å². The van der Waals surface area contributed by atoms with Gasteiger partial charge >= 0.3 is 0 Å². The van der Waals surface area contributed by atoms with E-state index in [1.165, 1.54) is 55.2 Å². The molecule has 0 saturated carbocycles. The zero-order valence-corrected chi connectivity index (χ0v) is 12.1. The zero-order valence-electron chi connectivity index (χ0n) is 10.5. The van der Waals surface area contributed by atoms with Gasteiger partial charge in [-0.25, -0.2) is 0 Å². The lowest BCUT2D eigenvalue weighted by atomic mass is 9.89. The summed E-state index contributed by atoms with van der Waals surface area (Å²) < 4.78 is 6.06. The first-order valence-electron chi connectivity index (χ1n) is 6.89. The fourth-order valence-corrected chi connectivity index (χ4v) is 5.81. The van der Waals surface area contributed by atoms with E-state index in [-0.39, 0.29) is 5.60 Å². The third-order valence-corrected chi connectivity index (χ3v) is 6.73. The summed E-state index contributed by atoms with van der Waals surface area (Å²) in [6.45, 7) is 2.21. The molecular formula is C13H23NOS2. The molecule has 98 valence electrons. The van der Waals surface area contributed by atoms with Gasteiger partial charge in [0.05, 0.1) is 5.60 Å². The molecule has 3 saturated heterocycles. The van der Waals surface area contributed by atoms with Crippen LogP contribution in [-0.4, -0.2) is 47.8 Å². The molecule has 3 unspecified atom stereocenters. The minimum atomic E-state index is 0.241. The van der Waals surface area contributed by atoms with Crippen molar-refractivity contribution >= 4 is 23.5 Å². The van der Waals surface area contributed by atoms with Crippen LogP contribution >= 0.6 is 23.5 Å². The molecule has 0 bridgehead atoms. The number of ether oxygens (including phenoxy) is 1. The van der Waals surface area contributed by atoms with Crippen molar-refractivity contribution in [1.82, 2.24) is 5.32 Å². The Morgan fingerprint density at radius 2 is 2.24 bits per heavy atom. The first-order chi connectivity index (χ1) is 8.36. The highest BCUT2D eigenvalue weighted by molar-refractivity contribution is 7.99. The van der Waals surface area contributed by atoms with Gasteiger partial charge in [-0.2, -0.15) is 23.5 Å². The lowest BCUT2D eigenvalue weighted by molar-refractivity contribution is -0.0703. The number of hydrogen-bond acceptors (Lipinski definition) is 4. The van der Waals surface area contributed by atoms with Crippen molar-refractivity contribution in [3.63, 3.8) is 0 Å². The normalized spacial score (nSPS) is 42.4. The number of thioether (sulfide) groups is 2. The minimum absolute atomic E-state index is 0.241. The van der Waals surface area contributed by atoms with Gasteiger partial charge in [0, 0.05) is 18.4 Å². The Morgan fingerprint density at radius 3 is 3.00 bits per heavy atom. The molecular weight excluding hydrogens is 250 g/mol. The summed E-state index contributed by atoms with van der Waals surface area (Å²) in [4.78, 5) is 0. The lowest BCUT2D eigenvalue weighted by Crippen LogP contribution is -2.48. The molecule has 3 atom stereocenters. The molecule has 0 amide bonds. The average molecular weight is 273 g/mol. The van der Waals surface area contributed by atoms with Crippen LogP contribution in [0.4, 0.5) is 0 Å². The monoisotopic (exact) mass is 273 g/mol. The van der Waals surface area contributed by atoms with E-state index >= 15 is 0 Å². The molecule has 0 radical (unpaired) electrons. The summed E-state index contributed by atoms with van der Waals surface area (Å²) in [5.74, 6) is 6.20. The van der Waals surface area contributed by atoms with Crippen LogP contribution in [-0.2, 0) is 4.74 Å². The van der Waals surface area contributed by atoms with Gasteiger partial charge in [0.1, 0.15) is 0 Å². The molecule has 3 aliphatic rings. The van der Waals surface area contributed by atoms with Crippen molar-refractivity contribution in [3.8, 4) is 0 Å². The highest BCUT2D eigenvalue weighted by Crippen LogP contribution is 2.38. The van der Waals surface area contributed by atoms with Crippen molar-refractivity contribution < 1.29 is 4.74 Å². The molecule has 0 aliphatic carbocycles. The molecule has 3 rings (SSSR count). The highest BCUT2D eigenvalue weighted by atomic mass is 32.2. The van der Waals surface area contributed by atoms with Gasteiger partial charge in [0.25, 0.3) is 0 Å². The summed E-state index contributed by atoms with van der Waals surface area (Å²) in [5.41, 5.74) is 0.241. The quantitative estimate of drug-likeness (QED) is 0.852. The SMILES string of the molecule is C1CC(NCC2CCSC2)CC2(CCSC2)O1. The maximum absolute atomic E-state index is 6.06. The second kappa shape index (κ2) is 5.72. The van der Waals surface area contributed by atoms with Gasteiger partial charge in [-0.15, -0.1) is 0 Å². The van der Waals surface area contributed by atoms with Crippen molar-refractivity contribution in [1.29, 1.82) is 0 Å². The standard InChI is InChI=1S/C13H23NOS2/c1-4-15-13(3-6-17-10-13)7-12(1)14-8-11-2-5-16-9-11/h11-12,14H,1-10H2. The van der Waals surface area contributed by atoms with Crippen LogP contribution in [0.5, 0.6) is 0 Å². The molecule has 2 nitrogen and oxygen atoms in total. The van der Waals surface area contributed by atoms with Crippen LogP contribution < -0.4 is 5.32 Å². The van der Waals surface area contributed by atoms with Crippen LogP contribution in [0.1, 0.15) is 25.7 Å². The van der Waals surface area contributed by atoms with Gasteiger partial charge < -0.3 is 10.1 Å². The van der Waals surface area contributed by atoms with E-state index in [1.807, 2.05) is 0 Å². The fraction of sp³-hybridized carbons (Fsp3) is 1.00. The molecule has 3 fully saturated rings. The molecule has 0 aromatic carbocycles.